The van der Waals surface area contributed by atoms with Crippen LogP contribution in [0.25, 0.3) is 0 Å². The molecule has 6 heteroatoms. The van der Waals surface area contributed by atoms with E-state index in [-0.39, 0.29) is 5.91 Å². The highest BCUT2D eigenvalue weighted by Gasteiger charge is 2.38. The molecule has 1 saturated heterocycles. The van der Waals surface area contributed by atoms with E-state index < -0.39 is 12.1 Å². The molecule has 1 unspecified atom stereocenters. The van der Waals surface area contributed by atoms with Gasteiger partial charge in [-0.1, -0.05) is 53.5 Å². The van der Waals surface area contributed by atoms with Gasteiger partial charge in [0.1, 0.15) is 6.04 Å². The van der Waals surface area contributed by atoms with Gasteiger partial charge in [0.15, 0.2) is 0 Å². The van der Waals surface area contributed by atoms with Crippen molar-refractivity contribution in [2.75, 3.05) is 4.90 Å². The molecular weight excluding hydrogens is 335 g/mol. The Labute approximate surface area is 144 Å². The van der Waals surface area contributed by atoms with Crippen LogP contribution in [0.4, 0.5) is 10.5 Å². The van der Waals surface area contributed by atoms with Gasteiger partial charge in [-0.2, -0.15) is 0 Å². The normalized spacial score (nSPS) is 17.5. The number of carbonyl (C=O) groups is 2. The van der Waals surface area contributed by atoms with Crippen LogP contribution in [0.3, 0.4) is 0 Å². The van der Waals surface area contributed by atoms with Gasteiger partial charge in [0.05, 0.1) is 5.69 Å². The molecule has 1 fully saturated rings. The predicted octanol–water partition coefficient (Wildman–Crippen LogP) is 4.05. The second kappa shape index (κ2) is 6.60. The maximum Gasteiger partial charge on any atom is 0.329 e. The number of benzene rings is 2. The van der Waals surface area contributed by atoms with Gasteiger partial charge in [0, 0.05) is 10.0 Å². The number of urea groups is 1. The molecule has 4 nitrogen and oxygen atoms in total. The number of anilines is 1. The van der Waals surface area contributed by atoms with Crippen molar-refractivity contribution < 1.29 is 9.59 Å². The number of hydrogen-bond acceptors (Lipinski definition) is 2. The van der Waals surface area contributed by atoms with Crippen molar-refractivity contribution in [1.29, 1.82) is 0 Å². The van der Waals surface area contributed by atoms with Crippen LogP contribution in [-0.4, -0.2) is 18.0 Å². The molecule has 0 saturated carbocycles. The molecule has 23 heavy (non-hydrogen) atoms. The second-order valence-electron chi connectivity index (χ2n) is 5.33. The lowest BCUT2D eigenvalue weighted by molar-refractivity contribution is -0.118. The summed E-state index contributed by atoms with van der Waals surface area (Å²) < 4.78 is 0. The van der Waals surface area contributed by atoms with E-state index in [9.17, 15) is 9.59 Å². The molecule has 1 atom stereocenters. The summed E-state index contributed by atoms with van der Waals surface area (Å²) in [5.41, 5.74) is 1.51. The van der Waals surface area contributed by atoms with Crippen molar-refractivity contribution >= 4 is 40.8 Å². The Bertz CT molecular complexity index is 729. The smallest absolute Gasteiger partial charge is 0.325 e. The monoisotopic (exact) mass is 348 g/mol. The Morgan fingerprint density at radius 3 is 2.30 bits per heavy atom. The molecule has 1 aliphatic heterocycles. The Balaban J connectivity index is 1.74. The minimum atomic E-state index is -0.541. The molecule has 0 radical (unpaired) electrons. The number of rotatable bonds is 4. The van der Waals surface area contributed by atoms with E-state index in [0.717, 1.165) is 10.5 Å². The Morgan fingerprint density at radius 1 is 1.00 bits per heavy atom. The molecule has 0 aromatic heterocycles. The zero-order valence-electron chi connectivity index (χ0n) is 12.1. The maximum atomic E-state index is 12.5. The number of hydrogen-bond donors (Lipinski definition) is 1. The van der Waals surface area contributed by atoms with Crippen molar-refractivity contribution in [3.63, 3.8) is 0 Å². The highest BCUT2D eigenvalue weighted by molar-refractivity contribution is 6.35. The molecule has 1 aliphatic rings. The Morgan fingerprint density at radius 2 is 1.65 bits per heavy atom. The predicted molar refractivity (Wildman–Crippen MR) is 91.0 cm³/mol. The standard InChI is InChI=1S/C17H14Cl2N2O2/c18-12-8-13(19)10-14(9-12)21-16(22)15(20-17(21)23)7-6-11-4-2-1-3-5-11/h1-5,8-10,15H,6-7H2,(H,20,23). The fourth-order valence-electron chi connectivity index (χ4n) is 2.60. The van der Waals surface area contributed by atoms with Gasteiger partial charge >= 0.3 is 6.03 Å². The fourth-order valence-corrected chi connectivity index (χ4v) is 3.11. The zero-order valence-corrected chi connectivity index (χ0v) is 13.6. The van der Waals surface area contributed by atoms with Gasteiger partial charge in [-0.15, -0.1) is 0 Å². The van der Waals surface area contributed by atoms with E-state index in [1.165, 1.54) is 0 Å². The number of aryl methyl sites for hydroxylation is 1. The first-order chi connectivity index (χ1) is 11.0. The van der Waals surface area contributed by atoms with Gasteiger partial charge in [0.2, 0.25) is 0 Å². The lowest BCUT2D eigenvalue weighted by atomic mass is 10.1. The van der Waals surface area contributed by atoms with Crippen LogP contribution >= 0.6 is 23.2 Å². The molecule has 0 spiro atoms. The number of amides is 3. The van der Waals surface area contributed by atoms with E-state index in [1.807, 2.05) is 30.3 Å². The molecule has 1 heterocycles. The lowest BCUT2D eigenvalue weighted by Gasteiger charge is -2.14. The number of nitrogens with one attached hydrogen (secondary N) is 1. The second-order valence-corrected chi connectivity index (χ2v) is 6.20. The van der Waals surface area contributed by atoms with Crippen LogP contribution < -0.4 is 10.2 Å². The lowest BCUT2D eigenvalue weighted by Crippen LogP contribution is -2.31. The van der Waals surface area contributed by atoms with Crippen molar-refractivity contribution in [2.45, 2.75) is 18.9 Å². The number of imide groups is 1. The highest BCUT2D eigenvalue weighted by Crippen LogP contribution is 2.28. The van der Waals surface area contributed by atoms with Crippen molar-refractivity contribution in [3.05, 3.63) is 64.1 Å². The third-order valence-electron chi connectivity index (χ3n) is 3.69. The summed E-state index contributed by atoms with van der Waals surface area (Å²) in [6.45, 7) is 0. The molecule has 0 bridgehead atoms. The molecule has 2 aromatic rings. The van der Waals surface area contributed by atoms with Crippen molar-refractivity contribution in [2.24, 2.45) is 0 Å². The molecule has 2 aromatic carbocycles. The number of carbonyl (C=O) groups excluding carboxylic acids is 2. The largest absolute Gasteiger partial charge is 0.329 e. The summed E-state index contributed by atoms with van der Waals surface area (Å²) >= 11 is 11.9. The van der Waals surface area contributed by atoms with Gasteiger partial charge in [0.25, 0.3) is 5.91 Å². The van der Waals surface area contributed by atoms with Gasteiger partial charge in [-0.25, -0.2) is 9.69 Å². The van der Waals surface area contributed by atoms with Crippen molar-refractivity contribution in [3.8, 4) is 0 Å². The highest BCUT2D eigenvalue weighted by atomic mass is 35.5. The maximum absolute atomic E-state index is 12.5. The molecule has 1 N–H and O–H groups in total. The first kappa shape index (κ1) is 15.8. The summed E-state index contributed by atoms with van der Waals surface area (Å²) in [5.74, 6) is -0.288. The van der Waals surface area contributed by atoms with Gasteiger partial charge < -0.3 is 5.32 Å². The van der Waals surface area contributed by atoms with E-state index in [1.54, 1.807) is 18.2 Å². The van der Waals surface area contributed by atoms with E-state index in [2.05, 4.69) is 5.32 Å². The average Bonchev–Trinajstić information content (AvgIpc) is 2.79. The topological polar surface area (TPSA) is 49.4 Å². The summed E-state index contributed by atoms with van der Waals surface area (Å²) in [5, 5.41) is 3.46. The van der Waals surface area contributed by atoms with Gasteiger partial charge in [-0.05, 0) is 36.6 Å². The summed E-state index contributed by atoms with van der Waals surface area (Å²) in [4.78, 5) is 25.7. The summed E-state index contributed by atoms with van der Waals surface area (Å²) in [6, 6.07) is 13.5. The molecular formula is C17H14Cl2N2O2. The first-order valence-electron chi connectivity index (χ1n) is 7.19. The van der Waals surface area contributed by atoms with Crippen LogP contribution in [0, 0.1) is 0 Å². The molecule has 118 valence electrons. The summed E-state index contributed by atoms with van der Waals surface area (Å²) in [6.07, 6.45) is 1.25. The quantitative estimate of drug-likeness (QED) is 0.847. The molecule has 3 amide bonds. The van der Waals surface area contributed by atoms with Crippen LogP contribution in [0.5, 0.6) is 0 Å². The first-order valence-corrected chi connectivity index (χ1v) is 7.94. The minimum Gasteiger partial charge on any atom is -0.325 e. The average molecular weight is 349 g/mol. The third kappa shape index (κ3) is 3.49. The fraction of sp³-hybridized carbons (Fsp3) is 0.176. The minimum absolute atomic E-state index is 0.288. The zero-order chi connectivity index (χ0) is 16.4. The van der Waals surface area contributed by atoms with Crippen LogP contribution in [0.2, 0.25) is 10.0 Å². The van der Waals surface area contributed by atoms with E-state index in [4.69, 9.17) is 23.2 Å². The van der Waals surface area contributed by atoms with Gasteiger partial charge in [-0.3, -0.25) is 4.79 Å². The number of halogens is 2. The SMILES string of the molecule is O=C1NC(CCc2ccccc2)C(=O)N1c1cc(Cl)cc(Cl)c1. The third-order valence-corrected chi connectivity index (χ3v) is 4.13. The molecule has 3 rings (SSSR count). The molecule has 0 aliphatic carbocycles. The van der Waals surface area contributed by atoms with Crippen LogP contribution in [0.1, 0.15) is 12.0 Å². The Kier molecular flexibility index (Phi) is 4.55. The van der Waals surface area contributed by atoms with Crippen molar-refractivity contribution in [1.82, 2.24) is 5.32 Å². The van der Waals surface area contributed by atoms with E-state index >= 15 is 0 Å². The van der Waals surface area contributed by atoms with Crippen LogP contribution in [-0.2, 0) is 11.2 Å². The Hall–Kier alpha value is -2.04. The van der Waals surface area contributed by atoms with Crippen LogP contribution in [0.15, 0.2) is 48.5 Å². The summed E-state index contributed by atoms with van der Waals surface area (Å²) in [7, 11) is 0. The number of nitrogens with zero attached hydrogens (tertiary/aromatic N) is 1. The van der Waals surface area contributed by atoms with E-state index in [0.29, 0.717) is 28.6 Å².